The van der Waals surface area contributed by atoms with Gasteiger partial charge in [-0.15, -0.1) is 0 Å². The fraction of sp³-hybridized carbons (Fsp3) is 0.571. The molecule has 0 aromatic heterocycles. The highest BCUT2D eigenvalue weighted by molar-refractivity contribution is 9.10. The lowest BCUT2D eigenvalue weighted by atomic mass is 10.0. The van der Waals surface area contributed by atoms with Crippen molar-refractivity contribution in [1.82, 2.24) is 0 Å². The van der Waals surface area contributed by atoms with E-state index >= 15 is 0 Å². The summed E-state index contributed by atoms with van der Waals surface area (Å²) in [6.45, 7) is 4.54. The second kappa shape index (κ2) is 7.87. The van der Waals surface area contributed by atoms with Crippen LogP contribution < -0.4 is 0 Å². The van der Waals surface area contributed by atoms with Gasteiger partial charge in [-0.1, -0.05) is 25.5 Å². The first-order valence-electron chi connectivity index (χ1n) is 6.32. The van der Waals surface area contributed by atoms with E-state index in [0.29, 0.717) is 17.5 Å². The highest BCUT2D eigenvalue weighted by atomic mass is 79.9. The topological polar surface area (TPSA) is 29.5 Å². The molecule has 2 atom stereocenters. The number of rotatable bonds is 7. The van der Waals surface area contributed by atoms with Gasteiger partial charge in [-0.05, 0) is 40.9 Å². The van der Waals surface area contributed by atoms with Crippen LogP contribution in [0.1, 0.15) is 32.3 Å². The van der Waals surface area contributed by atoms with E-state index in [0.717, 1.165) is 18.4 Å². The fourth-order valence-electron chi connectivity index (χ4n) is 1.95. The molecule has 1 N–H and O–H groups in total. The van der Waals surface area contributed by atoms with Gasteiger partial charge in [0.25, 0.3) is 0 Å². The van der Waals surface area contributed by atoms with Crippen LogP contribution >= 0.6 is 15.9 Å². The monoisotopic (exact) mass is 318 g/mol. The summed E-state index contributed by atoms with van der Waals surface area (Å²) in [4.78, 5) is 0. The van der Waals surface area contributed by atoms with Crippen LogP contribution in [0.5, 0.6) is 0 Å². The molecule has 0 fully saturated rings. The van der Waals surface area contributed by atoms with Crippen molar-refractivity contribution in [3.05, 3.63) is 34.1 Å². The number of benzene rings is 1. The van der Waals surface area contributed by atoms with Gasteiger partial charge in [0.2, 0.25) is 0 Å². The predicted molar refractivity (Wildman–Crippen MR) is 74.1 cm³/mol. The number of aliphatic hydroxyl groups is 1. The van der Waals surface area contributed by atoms with E-state index in [1.165, 1.54) is 6.07 Å². The van der Waals surface area contributed by atoms with Crippen molar-refractivity contribution >= 4 is 15.9 Å². The van der Waals surface area contributed by atoms with Crippen molar-refractivity contribution in [2.45, 2.75) is 45.3 Å². The third-order valence-corrected chi connectivity index (χ3v) is 3.73. The Balaban J connectivity index is 2.72. The summed E-state index contributed by atoms with van der Waals surface area (Å²) in [6, 6.07) is 4.86. The predicted octanol–water partition coefficient (Wildman–Crippen LogP) is 3.70. The van der Waals surface area contributed by atoms with Gasteiger partial charge < -0.3 is 9.84 Å². The lowest BCUT2D eigenvalue weighted by molar-refractivity contribution is -0.0364. The van der Waals surface area contributed by atoms with Gasteiger partial charge in [-0.25, -0.2) is 4.39 Å². The Labute approximate surface area is 116 Å². The first-order chi connectivity index (χ1) is 8.60. The van der Waals surface area contributed by atoms with E-state index in [1.807, 2.05) is 13.0 Å². The molecule has 4 heteroatoms. The number of halogens is 2. The van der Waals surface area contributed by atoms with Crippen LogP contribution in [0.3, 0.4) is 0 Å². The molecule has 0 bridgehead atoms. The molecule has 0 saturated carbocycles. The summed E-state index contributed by atoms with van der Waals surface area (Å²) in [5.74, 6) is -0.303. The molecular weight excluding hydrogens is 299 g/mol. The molecule has 0 amide bonds. The standard InChI is InChI=1S/C14H20BrFO2/c1-3-6-13(18-4-2)12(17)9-10-7-5-8-11(16)14(10)15/h5,7-8,12-13,17H,3-4,6,9H2,1-2H3. The van der Waals surface area contributed by atoms with Crippen LogP contribution in [0, 0.1) is 5.82 Å². The van der Waals surface area contributed by atoms with Crippen LogP contribution in [0.25, 0.3) is 0 Å². The van der Waals surface area contributed by atoms with Crippen LogP contribution in [0.4, 0.5) is 4.39 Å². The van der Waals surface area contributed by atoms with E-state index < -0.39 is 6.10 Å². The molecule has 18 heavy (non-hydrogen) atoms. The van der Waals surface area contributed by atoms with Gasteiger partial charge in [-0.2, -0.15) is 0 Å². The van der Waals surface area contributed by atoms with Gasteiger partial charge in [0.05, 0.1) is 16.7 Å². The molecule has 1 aromatic rings. The first kappa shape index (κ1) is 15.6. The van der Waals surface area contributed by atoms with Crippen LogP contribution in [-0.4, -0.2) is 23.9 Å². The lowest BCUT2D eigenvalue weighted by Crippen LogP contribution is -2.31. The SMILES string of the molecule is CCCC(OCC)C(O)Cc1cccc(F)c1Br. The van der Waals surface area contributed by atoms with Crippen molar-refractivity contribution in [3.63, 3.8) is 0 Å². The number of hydrogen-bond acceptors (Lipinski definition) is 2. The zero-order valence-electron chi connectivity index (χ0n) is 10.8. The molecule has 1 rings (SSSR count). The molecule has 0 aliphatic heterocycles. The van der Waals surface area contributed by atoms with Crippen LogP contribution in [0.2, 0.25) is 0 Å². The molecule has 0 spiro atoms. The summed E-state index contributed by atoms with van der Waals surface area (Å²) in [5.41, 5.74) is 0.767. The molecule has 0 radical (unpaired) electrons. The molecule has 0 aliphatic rings. The van der Waals surface area contributed by atoms with Crippen molar-refractivity contribution in [2.24, 2.45) is 0 Å². The minimum Gasteiger partial charge on any atom is -0.390 e. The quantitative estimate of drug-likeness (QED) is 0.830. The molecule has 0 heterocycles. The zero-order valence-corrected chi connectivity index (χ0v) is 12.4. The molecule has 1 aromatic carbocycles. The van der Waals surface area contributed by atoms with Gasteiger partial charge in [0, 0.05) is 13.0 Å². The average Bonchev–Trinajstić information content (AvgIpc) is 2.34. The maximum absolute atomic E-state index is 13.4. The molecule has 2 nitrogen and oxygen atoms in total. The Kier molecular flexibility index (Phi) is 6.82. The molecule has 2 unspecified atom stereocenters. The van der Waals surface area contributed by atoms with E-state index in [1.54, 1.807) is 6.07 Å². The third kappa shape index (κ3) is 4.34. The largest absolute Gasteiger partial charge is 0.390 e. The number of aliphatic hydroxyl groups excluding tert-OH is 1. The maximum Gasteiger partial charge on any atom is 0.137 e. The molecule has 0 aliphatic carbocycles. The Morgan fingerprint density at radius 3 is 2.72 bits per heavy atom. The molecule has 0 saturated heterocycles. The summed E-state index contributed by atoms with van der Waals surface area (Å²) in [6.07, 6.45) is 1.36. The maximum atomic E-state index is 13.4. The van der Waals surface area contributed by atoms with E-state index in [9.17, 15) is 9.50 Å². The fourth-order valence-corrected chi connectivity index (χ4v) is 2.37. The van der Waals surface area contributed by atoms with Crippen molar-refractivity contribution < 1.29 is 14.2 Å². The van der Waals surface area contributed by atoms with Gasteiger partial charge in [0.15, 0.2) is 0 Å². The second-order valence-corrected chi connectivity index (χ2v) is 5.06. The normalized spacial score (nSPS) is 14.5. The summed E-state index contributed by atoms with van der Waals surface area (Å²) >= 11 is 3.21. The Morgan fingerprint density at radius 2 is 2.11 bits per heavy atom. The third-order valence-electron chi connectivity index (χ3n) is 2.84. The molecular formula is C14H20BrFO2. The Morgan fingerprint density at radius 1 is 1.39 bits per heavy atom. The average molecular weight is 319 g/mol. The van der Waals surface area contributed by atoms with Gasteiger partial charge >= 0.3 is 0 Å². The highest BCUT2D eigenvalue weighted by Crippen LogP contribution is 2.23. The summed E-state index contributed by atoms with van der Waals surface area (Å²) < 4.78 is 19.3. The Hall–Kier alpha value is -0.450. The van der Waals surface area contributed by atoms with Gasteiger partial charge in [0.1, 0.15) is 5.82 Å². The van der Waals surface area contributed by atoms with E-state index in [2.05, 4.69) is 22.9 Å². The minimum atomic E-state index is -0.608. The minimum absolute atomic E-state index is 0.185. The number of ether oxygens (including phenoxy) is 1. The highest BCUT2D eigenvalue weighted by Gasteiger charge is 2.20. The van der Waals surface area contributed by atoms with Crippen molar-refractivity contribution in [2.75, 3.05) is 6.61 Å². The molecule has 102 valence electrons. The van der Waals surface area contributed by atoms with Crippen molar-refractivity contribution in [1.29, 1.82) is 0 Å². The summed E-state index contributed by atoms with van der Waals surface area (Å²) in [7, 11) is 0. The van der Waals surface area contributed by atoms with Crippen LogP contribution in [-0.2, 0) is 11.2 Å². The van der Waals surface area contributed by atoms with Gasteiger partial charge in [-0.3, -0.25) is 0 Å². The van der Waals surface area contributed by atoms with E-state index in [4.69, 9.17) is 4.74 Å². The summed E-state index contributed by atoms with van der Waals surface area (Å²) in [5, 5.41) is 10.2. The van der Waals surface area contributed by atoms with Crippen LogP contribution in [0.15, 0.2) is 22.7 Å². The smallest absolute Gasteiger partial charge is 0.137 e. The number of hydrogen-bond donors (Lipinski definition) is 1. The Bertz CT molecular complexity index is 365. The van der Waals surface area contributed by atoms with E-state index in [-0.39, 0.29) is 11.9 Å². The second-order valence-electron chi connectivity index (χ2n) is 4.27. The first-order valence-corrected chi connectivity index (χ1v) is 7.12. The van der Waals surface area contributed by atoms with Crippen molar-refractivity contribution in [3.8, 4) is 0 Å². The zero-order chi connectivity index (χ0) is 13.5. The lowest BCUT2D eigenvalue weighted by Gasteiger charge is -2.23.